The molecule has 0 saturated carbocycles. The SMILES string of the molecule is CCN(CC(=O)Nc1cccc(OC)c1)C(=O)c1cc(S(=O)(=O)N2CCCCC2C)ccc1C. The summed E-state index contributed by atoms with van der Waals surface area (Å²) in [5.41, 5.74) is 1.50. The van der Waals surface area contributed by atoms with E-state index in [2.05, 4.69) is 5.32 Å². The molecule has 1 heterocycles. The van der Waals surface area contributed by atoms with E-state index in [-0.39, 0.29) is 34.9 Å². The number of nitrogens with zero attached hydrogens (tertiary/aromatic N) is 2. The van der Waals surface area contributed by atoms with Crippen LogP contribution in [0.3, 0.4) is 0 Å². The highest BCUT2D eigenvalue weighted by Crippen LogP contribution is 2.27. The summed E-state index contributed by atoms with van der Waals surface area (Å²) in [6.45, 7) is 6.07. The van der Waals surface area contributed by atoms with Crippen molar-refractivity contribution >= 4 is 27.5 Å². The van der Waals surface area contributed by atoms with Gasteiger partial charge >= 0.3 is 0 Å². The molecule has 8 nitrogen and oxygen atoms in total. The van der Waals surface area contributed by atoms with Gasteiger partial charge in [0.1, 0.15) is 12.3 Å². The van der Waals surface area contributed by atoms with Gasteiger partial charge in [0, 0.05) is 36.4 Å². The standard InChI is InChI=1S/C25H33N3O5S/c1-5-27(17-24(29)26-20-10-8-11-21(15-20)33-4)25(30)23-16-22(13-12-18(23)2)34(31,32)28-14-7-6-9-19(28)3/h8,10-13,15-16,19H,5-7,9,14,17H2,1-4H3,(H,26,29). The van der Waals surface area contributed by atoms with Crippen molar-refractivity contribution in [3.05, 3.63) is 53.6 Å². The lowest BCUT2D eigenvalue weighted by atomic mass is 10.1. The summed E-state index contributed by atoms with van der Waals surface area (Å²) in [5.74, 6) is -0.130. The molecule has 0 aliphatic carbocycles. The van der Waals surface area contributed by atoms with E-state index in [9.17, 15) is 18.0 Å². The maximum absolute atomic E-state index is 13.3. The zero-order chi connectivity index (χ0) is 24.9. The lowest BCUT2D eigenvalue weighted by Gasteiger charge is -2.32. The Bertz CT molecular complexity index is 1150. The zero-order valence-electron chi connectivity index (χ0n) is 20.2. The number of amides is 2. The van der Waals surface area contributed by atoms with Crippen molar-refractivity contribution in [2.24, 2.45) is 0 Å². The monoisotopic (exact) mass is 487 g/mol. The van der Waals surface area contributed by atoms with E-state index in [0.717, 1.165) is 19.3 Å². The van der Waals surface area contributed by atoms with Gasteiger partial charge in [-0.1, -0.05) is 18.6 Å². The lowest BCUT2D eigenvalue weighted by molar-refractivity contribution is -0.116. The van der Waals surface area contributed by atoms with Gasteiger partial charge in [0.2, 0.25) is 15.9 Å². The Balaban J connectivity index is 1.79. The number of aryl methyl sites for hydroxylation is 1. The summed E-state index contributed by atoms with van der Waals surface area (Å²) in [6, 6.07) is 11.5. The number of likely N-dealkylation sites (N-methyl/N-ethyl adjacent to an activating group) is 1. The molecule has 1 N–H and O–H groups in total. The third-order valence-electron chi connectivity index (χ3n) is 6.14. The second-order valence-corrected chi connectivity index (χ2v) is 10.4. The van der Waals surface area contributed by atoms with E-state index in [1.807, 2.05) is 6.92 Å². The minimum absolute atomic E-state index is 0.0772. The third-order valence-corrected chi connectivity index (χ3v) is 8.15. The van der Waals surface area contributed by atoms with Crippen LogP contribution in [0.25, 0.3) is 0 Å². The first-order chi connectivity index (χ1) is 16.2. The van der Waals surface area contributed by atoms with Crippen molar-refractivity contribution in [1.82, 2.24) is 9.21 Å². The first-order valence-corrected chi connectivity index (χ1v) is 13.0. The van der Waals surface area contributed by atoms with Crippen molar-refractivity contribution in [3.8, 4) is 5.75 Å². The van der Waals surface area contributed by atoms with Gasteiger partial charge in [0.05, 0.1) is 12.0 Å². The predicted molar refractivity (Wildman–Crippen MR) is 132 cm³/mol. The average Bonchev–Trinajstić information content (AvgIpc) is 2.82. The van der Waals surface area contributed by atoms with Crippen LogP contribution < -0.4 is 10.1 Å². The van der Waals surface area contributed by atoms with Gasteiger partial charge in [0.25, 0.3) is 5.91 Å². The van der Waals surface area contributed by atoms with Crippen molar-refractivity contribution in [3.63, 3.8) is 0 Å². The fourth-order valence-electron chi connectivity index (χ4n) is 4.13. The maximum Gasteiger partial charge on any atom is 0.254 e. The molecule has 1 aliphatic rings. The molecule has 1 fully saturated rings. The summed E-state index contributed by atoms with van der Waals surface area (Å²) in [6.07, 6.45) is 2.66. The molecular formula is C25H33N3O5S. The highest BCUT2D eigenvalue weighted by atomic mass is 32.2. The first kappa shape index (κ1) is 25.7. The molecule has 0 aromatic heterocycles. The second-order valence-electron chi connectivity index (χ2n) is 8.54. The average molecular weight is 488 g/mol. The minimum atomic E-state index is -3.72. The molecule has 1 saturated heterocycles. The fourth-order valence-corrected chi connectivity index (χ4v) is 5.85. The number of ether oxygens (including phenoxy) is 1. The second kappa shape index (κ2) is 11.0. The number of benzene rings is 2. The van der Waals surface area contributed by atoms with Gasteiger partial charge in [-0.05, 0) is 63.4 Å². The quantitative estimate of drug-likeness (QED) is 0.613. The summed E-state index contributed by atoms with van der Waals surface area (Å²) in [7, 11) is -2.17. The van der Waals surface area contributed by atoms with Crippen LogP contribution in [0, 0.1) is 6.92 Å². The molecule has 184 valence electrons. The Labute approximate surface area is 201 Å². The molecular weight excluding hydrogens is 454 g/mol. The highest BCUT2D eigenvalue weighted by Gasteiger charge is 2.32. The van der Waals surface area contributed by atoms with Gasteiger partial charge in [-0.2, -0.15) is 4.31 Å². The molecule has 34 heavy (non-hydrogen) atoms. The molecule has 9 heteroatoms. The van der Waals surface area contributed by atoms with Gasteiger partial charge < -0.3 is 15.0 Å². The molecule has 0 spiro atoms. The van der Waals surface area contributed by atoms with E-state index in [0.29, 0.717) is 30.1 Å². The summed E-state index contributed by atoms with van der Waals surface area (Å²) in [5, 5.41) is 2.77. The van der Waals surface area contributed by atoms with Gasteiger partial charge in [-0.3, -0.25) is 9.59 Å². The molecule has 2 aromatic carbocycles. The van der Waals surface area contributed by atoms with E-state index in [4.69, 9.17) is 4.74 Å². The lowest BCUT2D eigenvalue weighted by Crippen LogP contribution is -2.42. The van der Waals surface area contributed by atoms with Gasteiger partial charge in [0.15, 0.2) is 0 Å². The van der Waals surface area contributed by atoms with Crippen LogP contribution in [0.5, 0.6) is 5.75 Å². The van der Waals surface area contributed by atoms with Gasteiger partial charge in [-0.25, -0.2) is 8.42 Å². The van der Waals surface area contributed by atoms with Crippen LogP contribution in [0.15, 0.2) is 47.4 Å². The number of piperidine rings is 1. The Hall–Kier alpha value is -2.91. The Morgan fingerprint density at radius 3 is 2.62 bits per heavy atom. The van der Waals surface area contributed by atoms with E-state index in [1.54, 1.807) is 57.4 Å². The molecule has 3 rings (SSSR count). The number of hydrogen-bond donors (Lipinski definition) is 1. The third kappa shape index (κ3) is 5.77. The summed E-state index contributed by atoms with van der Waals surface area (Å²) >= 11 is 0. The minimum Gasteiger partial charge on any atom is -0.497 e. The summed E-state index contributed by atoms with van der Waals surface area (Å²) < 4.78 is 33.3. The van der Waals surface area contributed by atoms with Crippen molar-refractivity contribution in [2.45, 2.75) is 51.0 Å². The maximum atomic E-state index is 13.3. The number of carbonyl (C=O) groups is 2. The topological polar surface area (TPSA) is 96.0 Å². The van der Waals surface area contributed by atoms with Crippen LogP contribution in [0.4, 0.5) is 5.69 Å². The smallest absolute Gasteiger partial charge is 0.254 e. The number of methoxy groups -OCH3 is 1. The normalized spacial score (nSPS) is 16.6. The van der Waals surface area contributed by atoms with Gasteiger partial charge in [-0.15, -0.1) is 0 Å². The molecule has 0 radical (unpaired) electrons. The van der Waals surface area contributed by atoms with Crippen LogP contribution in [-0.4, -0.2) is 62.2 Å². The molecule has 2 aromatic rings. The van der Waals surface area contributed by atoms with Crippen LogP contribution in [0.2, 0.25) is 0 Å². The zero-order valence-corrected chi connectivity index (χ0v) is 21.0. The molecule has 0 bridgehead atoms. The Morgan fingerprint density at radius 1 is 1.18 bits per heavy atom. The fraction of sp³-hybridized carbons (Fsp3) is 0.440. The summed E-state index contributed by atoms with van der Waals surface area (Å²) in [4.78, 5) is 27.4. The number of sulfonamides is 1. The molecule has 2 amide bonds. The number of hydrogen-bond acceptors (Lipinski definition) is 5. The van der Waals surface area contributed by atoms with Crippen LogP contribution in [0.1, 0.15) is 49.0 Å². The van der Waals surface area contributed by atoms with Crippen molar-refractivity contribution in [2.75, 3.05) is 32.1 Å². The van der Waals surface area contributed by atoms with E-state index < -0.39 is 10.0 Å². The number of nitrogens with one attached hydrogen (secondary N) is 1. The molecule has 1 unspecified atom stereocenters. The molecule has 1 aliphatic heterocycles. The number of carbonyl (C=O) groups excluding carboxylic acids is 2. The van der Waals surface area contributed by atoms with Crippen LogP contribution in [-0.2, 0) is 14.8 Å². The van der Waals surface area contributed by atoms with Crippen LogP contribution >= 0.6 is 0 Å². The first-order valence-electron chi connectivity index (χ1n) is 11.5. The number of anilines is 1. The highest BCUT2D eigenvalue weighted by molar-refractivity contribution is 7.89. The molecule has 1 atom stereocenters. The van der Waals surface area contributed by atoms with Crippen molar-refractivity contribution < 1.29 is 22.7 Å². The van der Waals surface area contributed by atoms with E-state index in [1.165, 1.54) is 15.3 Å². The van der Waals surface area contributed by atoms with E-state index >= 15 is 0 Å². The largest absolute Gasteiger partial charge is 0.497 e. The predicted octanol–water partition coefficient (Wildman–Crippen LogP) is 3.67. The van der Waals surface area contributed by atoms with Crippen molar-refractivity contribution in [1.29, 1.82) is 0 Å². The Morgan fingerprint density at radius 2 is 1.94 bits per heavy atom. The number of rotatable bonds is 8. The Kier molecular flexibility index (Phi) is 8.33.